The number of rotatable bonds is 5. The molecule has 0 amide bonds. The van der Waals surface area contributed by atoms with Crippen LogP contribution in [0.3, 0.4) is 0 Å². The van der Waals surface area contributed by atoms with Gasteiger partial charge in [0.15, 0.2) is 0 Å². The second-order valence-electron chi connectivity index (χ2n) is 14.1. The Kier molecular flexibility index (Phi) is 6.90. The van der Waals surface area contributed by atoms with Crippen molar-refractivity contribution in [3.8, 4) is 22.3 Å². The lowest BCUT2D eigenvalue weighted by Gasteiger charge is -2.27. The van der Waals surface area contributed by atoms with Gasteiger partial charge in [0.1, 0.15) is 11.2 Å². The van der Waals surface area contributed by atoms with E-state index in [4.69, 9.17) is 4.42 Å². The number of furan rings is 1. The first-order valence-electron chi connectivity index (χ1n) is 18.5. The Hall–Kier alpha value is -7.16. The van der Waals surface area contributed by atoms with Gasteiger partial charge in [-0.1, -0.05) is 152 Å². The molecule has 0 bridgehead atoms. The molecule has 1 heterocycles. The standard InChI is InChI=1S/C52H33NO/c1-2-12-36-31-38(24-23-34(36)11-1)37-13-9-14-40(32-37)53(41-29-30-47-45-17-4-3-15-43(45)44-16-5-6-18-46(44)50(47)33-41)39-27-25-35(26-28-39)42-20-10-21-49-48-19-7-8-22-51(48)54-52(42)49/h1-33H. The number of fused-ring (bicyclic) bond motifs is 10. The van der Waals surface area contributed by atoms with Crippen LogP contribution in [0.2, 0.25) is 0 Å². The van der Waals surface area contributed by atoms with E-state index in [2.05, 4.69) is 193 Å². The molecule has 2 heteroatoms. The van der Waals surface area contributed by atoms with Gasteiger partial charge in [0.25, 0.3) is 0 Å². The van der Waals surface area contributed by atoms with Crippen LogP contribution in [-0.4, -0.2) is 0 Å². The third kappa shape index (κ3) is 4.88. The van der Waals surface area contributed by atoms with Crippen molar-refractivity contribution in [2.75, 3.05) is 4.90 Å². The number of benzene rings is 10. The first kappa shape index (κ1) is 30.5. The van der Waals surface area contributed by atoms with E-state index in [9.17, 15) is 0 Å². The van der Waals surface area contributed by atoms with Crippen LogP contribution in [0.1, 0.15) is 0 Å². The summed E-state index contributed by atoms with van der Waals surface area (Å²) in [6, 6.07) is 72.3. The highest BCUT2D eigenvalue weighted by atomic mass is 16.3. The molecular weight excluding hydrogens is 655 g/mol. The third-order valence-corrected chi connectivity index (χ3v) is 11.0. The predicted octanol–water partition coefficient (Wildman–Crippen LogP) is 15.0. The zero-order valence-corrected chi connectivity index (χ0v) is 29.4. The topological polar surface area (TPSA) is 16.4 Å². The van der Waals surface area contributed by atoms with Crippen LogP contribution in [0.4, 0.5) is 17.1 Å². The average molecular weight is 688 g/mol. The van der Waals surface area contributed by atoms with Gasteiger partial charge in [-0.15, -0.1) is 0 Å². The lowest BCUT2D eigenvalue weighted by atomic mass is 9.94. The molecule has 11 aromatic rings. The second kappa shape index (κ2) is 12.2. The van der Waals surface area contributed by atoms with Crippen LogP contribution in [0.25, 0.3) is 87.3 Å². The van der Waals surface area contributed by atoms with E-state index >= 15 is 0 Å². The number of para-hydroxylation sites is 2. The van der Waals surface area contributed by atoms with Crippen LogP contribution in [0.5, 0.6) is 0 Å². The van der Waals surface area contributed by atoms with E-state index in [-0.39, 0.29) is 0 Å². The minimum Gasteiger partial charge on any atom is -0.455 e. The van der Waals surface area contributed by atoms with Gasteiger partial charge in [-0.2, -0.15) is 0 Å². The molecule has 1 aromatic heterocycles. The van der Waals surface area contributed by atoms with Crippen LogP contribution in [0, 0.1) is 0 Å². The summed E-state index contributed by atoms with van der Waals surface area (Å²) in [4.78, 5) is 2.39. The largest absolute Gasteiger partial charge is 0.455 e. The molecule has 11 rings (SSSR count). The van der Waals surface area contributed by atoms with Crippen molar-refractivity contribution in [1.82, 2.24) is 0 Å². The summed E-state index contributed by atoms with van der Waals surface area (Å²) in [5, 5.41) is 12.3. The van der Waals surface area contributed by atoms with Gasteiger partial charge in [-0.3, -0.25) is 0 Å². The van der Waals surface area contributed by atoms with E-state index in [0.29, 0.717) is 0 Å². The molecule has 0 unspecified atom stereocenters. The average Bonchev–Trinajstić information content (AvgIpc) is 3.63. The van der Waals surface area contributed by atoms with Gasteiger partial charge in [-0.25, -0.2) is 0 Å². The van der Waals surface area contributed by atoms with E-state index < -0.39 is 0 Å². The molecule has 252 valence electrons. The molecular formula is C52H33NO. The summed E-state index contributed by atoms with van der Waals surface area (Å²) < 4.78 is 6.43. The maximum Gasteiger partial charge on any atom is 0.143 e. The van der Waals surface area contributed by atoms with Crippen molar-refractivity contribution >= 4 is 82.1 Å². The zero-order chi connectivity index (χ0) is 35.6. The molecule has 0 aliphatic rings. The monoisotopic (exact) mass is 687 g/mol. The second-order valence-corrected chi connectivity index (χ2v) is 14.1. The summed E-state index contributed by atoms with van der Waals surface area (Å²) in [7, 11) is 0. The van der Waals surface area contributed by atoms with Gasteiger partial charge >= 0.3 is 0 Å². The molecule has 0 spiro atoms. The Labute approximate surface area is 312 Å². The lowest BCUT2D eigenvalue weighted by Crippen LogP contribution is -2.10. The van der Waals surface area contributed by atoms with Gasteiger partial charge < -0.3 is 9.32 Å². The van der Waals surface area contributed by atoms with Crippen LogP contribution in [0.15, 0.2) is 205 Å². The summed E-state index contributed by atoms with van der Waals surface area (Å²) in [5.74, 6) is 0. The van der Waals surface area contributed by atoms with Gasteiger partial charge in [0.2, 0.25) is 0 Å². The Bertz CT molecular complexity index is 3190. The van der Waals surface area contributed by atoms with Crippen molar-refractivity contribution in [1.29, 1.82) is 0 Å². The molecule has 0 N–H and O–H groups in total. The predicted molar refractivity (Wildman–Crippen MR) is 229 cm³/mol. The van der Waals surface area contributed by atoms with Crippen molar-refractivity contribution in [2.45, 2.75) is 0 Å². The number of anilines is 3. The minimum absolute atomic E-state index is 0.908. The molecule has 0 aliphatic heterocycles. The number of nitrogens with zero attached hydrogens (tertiary/aromatic N) is 1. The van der Waals surface area contributed by atoms with E-state index in [0.717, 1.165) is 50.1 Å². The Morgan fingerprint density at radius 2 is 0.852 bits per heavy atom. The fraction of sp³-hybridized carbons (Fsp3) is 0. The van der Waals surface area contributed by atoms with E-state index in [1.54, 1.807) is 0 Å². The van der Waals surface area contributed by atoms with Crippen molar-refractivity contribution in [3.63, 3.8) is 0 Å². The van der Waals surface area contributed by atoms with Gasteiger partial charge in [-0.05, 0) is 108 Å². The zero-order valence-electron chi connectivity index (χ0n) is 29.4. The Balaban J connectivity index is 1.10. The van der Waals surface area contributed by atoms with Crippen molar-refractivity contribution in [3.05, 3.63) is 200 Å². The van der Waals surface area contributed by atoms with Crippen LogP contribution < -0.4 is 4.90 Å². The molecule has 0 fully saturated rings. The maximum atomic E-state index is 6.43. The van der Waals surface area contributed by atoms with Crippen molar-refractivity contribution in [2.24, 2.45) is 0 Å². The van der Waals surface area contributed by atoms with Gasteiger partial charge in [0.05, 0.1) is 0 Å². The van der Waals surface area contributed by atoms with Gasteiger partial charge in [0, 0.05) is 33.4 Å². The summed E-state index contributed by atoms with van der Waals surface area (Å²) in [6.45, 7) is 0. The Morgan fingerprint density at radius 1 is 0.296 bits per heavy atom. The number of hydrogen-bond acceptors (Lipinski definition) is 2. The molecule has 10 aromatic carbocycles. The van der Waals surface area contributed by atoms with Crippen molar-refractivity contribution < 1.29 is 4.42 Å². The van der Waals surface area contributed by atoms with E-state index in [1.807, 2.05) is 12.1 Å². The molecule has 0 radical (unpaired) electrons. The summed E-state index contributed by atoms with van der Waals surface area (Å²) in [6.07, 6.45) is 0. The molecule has 0 atom stereocenters. The fourth-order valence-corrected chi connectivity index (χ4v) is 8.44. The quantitative estimate of drug-likeness (QED) is 0.168. The minimum atomic E-state index is 0.908. The first-order chi connectivity index (χ1) is 26.8. The Morgan fingerprint density at radius 3 is 1.63 bits per heavy atom. The third-order valence-electron chi connectivity index (χ3n) is 11.0. The highest BCUT2D eigenvalue weighted by Crippen LogP contribution is 2.43. The molecule has 2 nitrogen and oxygen atoms in total. The lowest BCUT2D eigenvalue weighted by molar-refractivity contribution is 0.670. The summed E-state index contributed by atoms with van der Waals surface area (Å²) in [5.41, 5.74) is 9.67. The highest BCUT2D eigenvalue weighted by molar-refractivity contribution is 6.25. The smallest absolute Gasteiger partial charge is 0.143 e. The SMILES string of the molecule is c1cc(-c2ccc3ccccc3c2)cc(N(c2ccc(-c3cccc4c3oc3ccccc34)cc2)c2ccc3c4ccccc4c4ccccc4c3c2)c1. The van der Waals surface area contributed by atoms with E-state index in [1.165, 1.54) is 54.2 Å². The summed E-state index contributed by atoms with van der Waals surface area (Å²) >= 11 is 0. The molecule has 54 heavy (non-hydrogen) atoms. The fourth-order valence-electron chi connectivity index (χ4n) is 8.44. The first-order valence-corrected chi connectivity index (χ1v) is 18.5. The van der Waals surface area contributed by atoms with Crippen LogP contribution in [-0.2, 0) is 0 Å². The number of hydrogen-bond donors (Lipinski definition) is 0. The van der Waals surface area contributed by atoms with Crippen LogP contribution >= 0.6 is 0 Å². The normalized spacial score (nSPS) is 11.7. The molecule has 0 saturated carbocycles. The highest BCUT2D eigenvalue weighted by Gasteiger charge is 2.18. The molecule has 0 aliphatic carbocycles. The molecule has 0 saturated heterocycles. The maximum absolute atomic E-state index is 6.43.